The number of ether oxygens (including phenoxy) is 1. The summed E-state index contributed by atoms with van der Waals surface area (Å²) in [4.78, 5) is 0. The van der Waals surface area contributed by atoms with Gasteiger partial charge in [-0.1, -0.05) is 24.6 Å². The van der Waals surface area contributed by atoms with Crippen LogP contribution in [0.25, 0.3) is 0 Å². The highest BCUT2D eigenvalue weighted by atomic mass is 16.5. The van der Waals surface area contributed by atoms with Gasteiger partial charge in [0.05, 0.1) is 6.61 Å². The van der Waals surface area contributed by atoms with Crippen molar-refractivity contribution < 1.29 is 4.74 Å². The smallest absolute Gasteiger partial charge is 0.119 e. The first-order valence-corrected chi connectivity index (χ1v) is 5.23. The molecule has 2 nitrogen and oxygen atoms in total. The molecule has 14 heavy (non-hydrogen) atoms. The summed E-state index contributed by atoms with van der Waals surface area (Å²) < 4.78 is 5.57. The molecule has 0 unspecified atom stereocenters. The lowest BCUT2D eigenvalue weighted by Gasteiger charge is -2.06. The van der Waals surface area contributed by atoms with E-state index in [9.17, 15) is 0 Å². The maximum absolute atomic E-state index is 5.57. The van der Waals surface area contributed by atoms with Crippen LogP contribution in [0.1, 0.15) is 18.9 Å². The van der Waals surface area contributed by atoms with Gasteiger partial charge in [-0.05, 0) is 38.6 Å². The predicted molar refractivity (Wildman–Crippen MR) is 59.8 cm³/mol. The third-order valence-corrected chi connectivity index (χ3v) is 2.04. The Hall–Kier alpha value is -1.02. The number of hydrogen-bond donors (Lipinski definition) is 1. The van der Waals surface area contributed by atoms with E-state index in [0.29, 0.717) is 0 Å². The van der Waals surface area contributed by atoms with Gasteiger partial charge in [-0.25, -0.2) is 0 Å². The molecule has 0 bridgehead atoms. The highest BCUT2D eigenvalue weighted by Crippen LogP contribution is 2.11. The first kappa shape index (κ1) is 11.1. The molecule has 0 aliphatic rings. The molecule has 2 heteroatoms. The maximum atomic E-state index is 5.57. The van der Waals surface area contributed by atoms with Gasteiger partial charge in [0.1, 0.15) is 5.75 Å². The summed E-state index contributed by atoms with van der Waals surface area (Å²) in [7, 11) is 0. The fraction of sp³-hybridized carbons (Fsp3) is 0.500. The number of nitrogens with one attached hydrogen (secondary N) is 1. The fourth-order valence-electron chi connectivity index (χ4n) is 1.20. The first-order chi connectivity index (χ1) is 6.83. The summed E-state index contributed by atoms with van der Waals surface area (Å²) in [6.45, 7) is 7.04. The Bertz CT molecular complexity index is 243. The molecule has 1 aromatic rings. The van der Waals surface area contributed by atoms with Gasteiger partial charge in [-0.2, -0.15) is 0 Å². The molecule has 0 saturated carbocycles. The van der Waals surface area contributed by atoms with Gasteiger partial charge in [0.25, 0.3) is 0 Å². The summed E-state index contributed by atoms with van der Waals surface area (Å²) in [6.07, 6.45) is 1.06. The summed E-state index contributed by atoms with van der Waals surface area (Å²) in [5.74, 6) is 0.965. The first-order valence-electron chi connectivity index (χ1n) is 5.23. The van der Waals surface area contributed by atoms with Gasteiger partial charge in [0.2, 0.25) is 0 Å². The van der Waals surface area contributed by atoms with Crippen LogP contribution in [0.5, 0.6) is 5.75 Å². The second kappa shape index (κ2) is 6.44. The van der Waals surface area contributed by atoms with Crippen molar-refractivity contribution >= 4 is 0 Å². The average Bonchev–Trinajstić information content (AvgIpc) is 2.21. The normalized spacial score (nSPS) is 10.1. The molecule has 0 fully saturated rings. The molecule has 0 heterocycles. The second-order valence-corrected chi connectivity index (χ2v) is 3.37. The van der Waals surface area contributed by atoms with Crippen molar-refractivity contribution in [2.24, 2.45) is 0 Å². The second-order valence-electron chi connectivity index (χ2n) is 3.37. The van der Waals surface area contributed by atoms with Gasteiger partial charge in [-0.3, -0.25) is 0 Å². The Balaban J connectivity index is 2.15. The summed E-state index contributed by atoms with van der Waals surface area (Å²) in [6, 6.07) is 8.17. The maximum Gasteiger partial charge on any atom is 0.119 e. The minimum Gasteiger partial charge on any atom is -0.494 e. The van der Waals surface area contributed by atoms with Crippen molar-refractivity contribution in [2.75, 3.05) is 19.7 Å². The SMILES string of the molecule is CCNCCCOc1ccc(C)cc1. The minimum absolute atomic E-state index is 0.788. The van der Waals surface area contributed by atoms with E-state index in [1.807, 2.05) is 12.1 Å². The van der Waals surface area contributed by atoms with Crippen molar-refractivity contribution in [3.8, 4) is 5.75 Å². The lowest BCUT2D eigenvalue weighted by molar-refractivity contribution is 0.308. The van der Waals surface area contributed by atoms with Gasteiger partial charge in [-0.15, -0.1) is 0 Å². The molecule has 0 aliphatic carbocycles. The van der Waals surface area contributed by atoms with Gasteiger partial charge in [0, 0.05) is 0 Å². The molecular weight excluding hydrogens is 174 g/mol. The number of hydrogen-bond acceptors (Lipinski definition) is 2. The van der Waals surface area contributed by atoms with Crippen LogP contribution in [0.3, 0.4) is 0 Å². The summed E-state index contributed by atoms with van der Waals surface area (Å²) in [5.41, 5.74) is 1.27. The number of aryl methyl sites for hydroxylation is 1. The molecular formula is C12H19NO. The summed E-state index contributed by atoms with van der Waals surface area (Å²) >= 11 is 0. The lowest BCUT2D eigenvalue weighted by Crippen LogP contribution is -2.16. The zero-order valence-electron chi connectivity index (χ0n) is 9.05. The molecule has 1 rings (SSSR count). The number of rotatable bonds is 6. The van der Waals surface area contributed by atoms with Gasteiger partial charge >= 0.3 is 0 Å². The highest BCUT2D eigenvalue weighted by Gasteiger charge is 1.92. The molecule has 0 atom stereocenters. The van der Waals surface area contributed by atoms with E-state index >= 15 is 0 Å². The van der Waals surface area contributed by atoms with Crippen molar-refractivity contribution in [2.45, 2.75) is 20.3 Å². The zero-order chi connectivity index (χ0) is 10.2. The molecule has 1 N–H and O–H groups in total. The molecule has 0 aliphatic heterocycles. The van der Waals surface area contributed by atoms with E-state index in [0.717, 1.165) is 31.9 Å². The van der Waals surface area contributed by atoms with Crippen molar-refractivity contribution in [3.63, 3.8) is 0 Å². The monoisotopic (exact) mass is 193 g/mol. The molecule has 0 spiro atoms. The molecule has 0 amide bonds. The third kappa shape index (κ3) is 4.28. The molecule has 78 valence electrons. The average molecular weight is 193 g/mol. The van der Waals surface area contributed by atoms with Gasteiger partial charge < -0.3 is 10.1 Å². The van der Waals surface area contributed by atoms with Crippen molar-refractivity contribution in [3.05, 3.63) is 29.8 Å². The predicted octanol–water partition coefficient (Wildman–Crippen LogP) is 2.37. The van der Waals surface area contributed by atoms with Crippen LogP contribution >= 0.6 is 0 Å². The minimum atomic E-state index is 0.788. The van der Waals surface area contributed by atoms with E-state index in [1.54, 1.807) is 0 Å². The van der Waals surface area contributed by atoms with Crippen molar-refractivity contribution in [1.29, 1.82) is 0 Å². The third-order valence-electron chi connectivity index (χ3n) is 2.04. The Morgan fingerprint density at radius 3 is 2.57 bits per heavy atom. The van der Waals surface area contributed by atoms with E-state index in [2.05, 4.69) is 31.3 Å². The molecule has 0 radical (unpaired) electrons. The highest BCUT2D eigenvalue weighted by molar-refractivity contribution is 5.26. The number of benzene rings is 1. The van der Waals surface area contributed by atoms with Crippen LogP contribution in [0.4, 0.5) is 0 Å². The van der Waals surface area contributed by atoms with Crippen LogP contribution < -0.4 is 10.1 Å². The Morgan fingerprint density at radius 1 is 1.21 bits per heavy atom. The van der Waals surface area contributed by atoms with Crippen LogP contribution in [-0.2, 0) is 0 Å². The van der Waals surface area contributed by atoms with E-state index < -0.39 is 0 Å². The van der Waals surface area contributed by atoms with Crippen LogP contribution in [0.15, 0.2) is 24.3 Å². The molecule has 1 aromatic carbocycles. The molecule has 0 aromatic heterocycles. The standard InChI is InChI=1S/C12H19NO/c1-3-13-9-4-10-14-12-7-5-11(2)6-8-12/h5-8,13H,3-4,9-10H2,1-2H3. The van der Waals surface area contributed by atoms with Crippen LogP contribution in [-0.4, -0.2) is 19.7 Å². The Morgan fingerprint density at radius 2 is 1.93 bits per heavy atom. The van der Waals surface area contributed by atoms with Gasteiger partial charge in [0.15, 0.2) is 0 Å². The van der Waals surface area contributed by atoms with E-state index in [4.69, 9.17) is 4.74 Å². The molecule has 0 saturated heterocycles. The van der Waals surface area contributed by atoms with Crippen LogP contribution in [0.2, 0.25) is 0 Å². The Labute approximate surface area is 86.3 Å². The Kier molecular flexibility index (Phi) is 5.08. The largest absolute Gasteiger partial charge is 0.494 e. The van der Waals surface area contributed by atoms with E-state index in [1.165, 1.54) is 5.56 Å². The lowest BCUT2D eigenvalue weighted by atomic mass is 10.2. The fourth-order valence-corrected chi connectivity index (χ4v) is 1.20. The summed E-state index contributed by atoms with van der Waals surface area (Å²) in [5, 5.41) is 3.26. The zero-order valence-corrected chi connectivity index (χ0v) is 9.05. The topological polar surface area (TPSA) is 21.3 Å². The van der Waals surface area contributed by atoms with Crippen molar-refractivity contribution in [1.82, 2.24) is 5.32 Å². The quantitative estimate of drug-likeness (QED) is 0.700. The van der Waals surface area contributed by atoms with Crippen LogP contribution in [0, 0.1) is 6.92 Å². The van der Waals surface area contributed by atoms with E-state index in [-0.39, 0.29) is 0 Å².